The maximum atomic E-state index is 13.7. The van der Waals surface area contributed by atoms with Gasteiger partial charge in [-0.05, 0) is 50.4 Å². The van der Waals surface area contributed by atoms with E-state index in [-0.39, 0.29) is 11.9 Å². The van der Waals surface area contributed by atoms with E-state index in [1.165, 1.54) is 12.5 Å². The zero-order chi connectivity index (χ0) is 13.1. The van der Waals surface area contributed by atoms with Crippen molar-refractivity contribution in [1.82, 2.24) is 4.90 Å². The number of piperidine rings is 1. The number of nitrogens with two attached hydrogens (primary N) is 1. The highest BCUT2D eigenvalue weighted by Gasteiger charge is 2.23. The van der Waals surface area contributed by atoms with Crippen molar-refractivity contribution in [3.63, 3.8) is 0 Å². The average molecular weight is 271 g/mol. The van der Waals surface area contributed by atoms with Crippen LogP contribution in [-0.4, -0.2) is 24.0 Å². The van der Waals surface area contributed by atoms with Gasteiger partial charge in [0.05, 0.1) is 0 Å². The van der Waals surface area contributed by atoms with Crippen LogP contribution in [0.25, 0.3) is 0 Å². The van der Waals surface area contributed by atoms with Crippen LogP contribution in [0.5, 0.6) is 0 Å². The van der Waals surface area contributed by atoms with Crippen molar-refractivity contribution < 1.29 is 4.39 Å². The standard InChI is InChI=1S/C14H20ClFN2/c1-10(17)11-3-2-6-18(8-11)9-12-7-13(15)4-5-14(12)16/h4-5,7,10-11H,2-3,6,8-9,17H2,1H3. The molecule has 1 aliphatic heterocycles. The molecular weight excluding hydrogens is 251 g/mol. The molecule has 18 heavy (non-hydrogen) atoms. The fourth-order valence-corrected chi connectivity index (χ4v) is 2.76. The molecule has 2 N–H and O–H groups in total. The molecule has 1 fully saturated rings. The summed E-state index contributed by atoms with van der Waals surface area (Å²) in [7, 11) is 0. The molecule has 0 bridgehead atoms. The fraction of sp³-hybridized carbons (Fsp3) is 0.571. The van der Waals surface area contributed by atoms with E-state index < -0.39 is 0 Å². The lowest BCUT2D eigenvalue weighted by Gasteiger charge is -2.34. The van der Waals surface area contributed by atoms with Crippen LogP contribution < -0.4 is 5.73 Å². The van der Waals surface area contributed by atoms with Crippen molar-refractivity contribution in [1.29, 1.82) is 0 Å². The van der Waals surface area contributed by atoms with Gasteiger partial charge in [0.15, 0.2) is 0 Å². The molecule has 2 atom stereocenters. The Morgan fingerprint density at radius 1 is 1.56 bits per heavy atom. The largest absolute Gasteiger partial charge is 0.328 e. The Balaban J connectivity index is 2.02. The van der Waals surface area contributed by atoms with Crippen LogP contribution in [0, 0.1) is 11.7 Å². The van der Waals surface area contributed by atoms with E-state index in [1.54, 1.807) is 12.1 Å². The second-order valence-corrected chi connectivity index (χ2v) is 5.67. The second kappa shape index (κ2) is 6.00. The minimum atomic E-state index is -0.178. The Morgan fingerprint density at radius 2 is 2.33 bits per heavy atom. The third-order valence-electron chi connectivity index (χ3n) is 3.69. The molecule has 100 valence electrons. The van der Waals surface area contributed by atoms with Crippen molar-refractivity contribution in [2.45, 2.75) is 32.4 Å². The zero-order valence-corrected chi connectivity index (χ0v) is 11.5. The number of halogens is 2. The molecule has 2 unspecified atom stereocenters. The van der Waals surface area contributed by atoms with Crippen molar-refractivity contribution >= 4 is 11.6 Å². The van der Waals surface area contributed by atoms with Crippen LogP contribution in [0.2, 0.25) is 5.02 Å². The molecule has 1 saturated heterocycles. The maximum Gasteiger partial charge on any atom is 0.127 e. The molecule has 0 aromatic heterocycles. The Morgan fingerprint density at radius 3 is 3.06 bits per heavy atom. The Labute approximate surface area is 113 Å². The SMILES string of the molecule is CC(N)C1CCCN(Cc2cc(Cl)ccc2F)C1. The summed E-state index contributed by atoms with van der Waals surface area (Å²) in [5, 5.41) is 0.590. The fourth-order valence-electron chi connectivity index (χ4n) is 2.57. The molecule has 0 amide bonds. The normalized spacial score (nSPS) is 23.0. The van der Waals surface area contributed by atoms with Gasteiger partial charge in [0, 0.05) is 29.7 Å². The van der Waals surface area contributed by atoms with Crippen molar-refractivity contribution in [3.05, 3.63) is 34.6 Å². The van der Waals surface area contributed by atoms with E-state index in [0.29, 0.717) is 23.0 Å². The highest BCUT2D eigenvalue weighted by atomic mass is 35.5. The maximum absolute atomic E-state index is 13.7. The third kappa shape index (κ3) is 3.44. The summed E-state index contributed by atoms with van der Waals surface area (Å²) in [6.45, 7) is 4.63. The predicted molar refractivity (Wildman–Crippen MR) is 73.1 cm³/mol. The summed E-state index contributed by atoms with van der Waals surface area (Å²) in [5.74, 6) is 0.336. The number of likely N-dealkylation sites (tertiary alicyclic amines) is 1. The highest BCUT2D eigenvalue weighted by Crippen LogP contribution is 2.22. The lowest BCUT2D eigenvalue weighted by molar-refractivity contribution is 0.153. The van der Waals surface area contributed by atoms with Gasteiger partial charge in [0.1, 0.15) is 5.82 Å². The molecule has 1 aromatic carbocycles. The number of benzene rings is 1. The minimum absolute atomic E-state index is 0.178. The summed E-state index contributed by atoms with van der Waals surface area (Å²) in [5.41, 5.74) is 6.63. The number of hydrogen-bond acceptors (Lipinski definition) is 2. The smallest absolute Gasteiger partial charge is 0.127 e. The molecule has 0 saturated carbocycles. The van der Waals surface area contributed by atoms with E-state index in [4.69, 9.17) is 17.3 Å². The van der Waals surface area contributed by atoms with Gasteiger partial charge in [0.25, 0.3) is 0 Å². The van der Waals surface area contributed by atoms with E-state index >= 15 is 0 Å². The van der Waals surface area contributed by atoms with Crippen LogP contribution >= 0.6 is 11.6 Å². The van der Waals surface area contributed by atoms with Gasteiger partial charge in [-0.25, -0.2) is 4.39 Å². The van der Waals surface area contributed by atoms with E-state index in [2.05, 4.69) is 4.90 Å². The number of rotatable bonds is 3. The van der Waals surface area contributed by atoms with Gasteiger partial charge in [0.2, 0.25) is 0 Å². The molecule has 0 radical (unpaired) electrons. The molecule has 0 aliphatic carbocycles. The molecule has 2 rings (SSSR count). The third-order valence-corrected chi connectivity index (χ3v) is 3.92. The minimum Gasteiger partial charge on any atom is -0.328 e. The summed E-state index contributed by atoms with van der Waals surface area (Å²) in [6.07, 6.45) is 2.31. The first-order valence-electron chi connectivity index (χ1n) is 6.48. The monoisotopic (exact) mass is 270 g/mol. The van der Waals surface area contributed by atoms with Gasteiger partial charge < -0.3 is 5.73 Å². The lowest BCUT2D eigenvalue weighted by Crippen LogP contribution is -2.42. The summed E-state index contributed by atoms with van der Waals surface area (Å²) >= 11 is 5.91. The predicted octanol–water partition coefficient (Wildman–Crippen LogP) is 3.04. The van der Waals surface area contributed by atoms with E-state index in [9.17, 15) is 4.39 Å². The summed E-state index contributed by atoms with van der Waals surface area (Å²) in [4.78, 5) is 2.27. The second-order valence-electron chi connectivity index (χ2n) is 5.23. The topological polar surface area (TPSA) is 29.3 Å². The van der Waals surface area contributed by atoms with Crippen LogP contribution in [0.3, 0.4) is 0 Å². The first-order chi connectivity index (χ1) is 8.56. The van der Waals surface area contributed by atoms with E-state index in [0.717, 1.165) is 19.5 Å². The van der Waals surface area contributed by atoms with Crippen molar-refractivity contribution in [3.8, 4) is 0 Å². The summed E-state index contributed by atoms with van der Waals surface area (Å²) in [6, 6.07) is 4.94. The number of hydrogen-bond donors (Lipinski definition) is 1. The van der Waals surface area contributed by atoms with Gasteiger partial charge in [-0.15, -0.1) is 0 Å². The molecule has 2 nitrogen and oxygen atoms in total. The van der Waals surface area contributed by atoms with Gasteiger partial charge >= 0.3 is 0 Å². The molecule has 1 aliphatic rings. The quantitative estimate of drug-likeness (QED) is 0.915. The first-order valence-corrected chi connectivity index (χ1v) is 6.86. The van der Waals surface area contributed by atoms with Gasteiger partial charge in [-0.2, -0.15) is 0 Å². The molecule has 1 heterocycles. The van der Waals surface area contributed by atoms with Crippen LogP contribution in [0.1, 0.15) is 25.3 Å². The van der Waals surface area contributed by atoms with Gasteiger partial charge in [-0.3, -0.25) is 4.90 Å². The molecular formula is C14H20ClFN2. The van der Waals surface area contributed by atoms with Crippen molar-refractivity contribution in [2.75, 3.05) is 13.1 Å². The summed E-state index contributed by atoms with van der Waals surface area (Å²) < 4.78 is 13.7. The number of nitrogens with zero attached hydrogens (tertiary/aromatic N) is 1. The Kier molecular flexibility index (Phi) is 4.60. The molecule has 4 heteroatoms. The molecule has 0 spiro atoms. The Hall–Kier alpha value is -0.640. The first kappa shape index (κ1) is 13.8. The zero-order valence-electron chi connectivity index (χ0n) is 10.7. The van der Waals surface area contributed by atoms with E-state index in [1.807, 2.05) is 6.92 Å². The van der Waals surface area contributed by atoms with Gasteiger partial charge in [-0.1, -0.05) is 11.6 Å². The van der Waals surface area contributed by atoms with Crippen LogP contribution in [-0.2, 0) is 6.54 Å². The van der Waals surface area contributed by atoms with Crippen molar-refractivity contribution in [2.24, 2.45) is 11.7 Å². The van der Waals surface area contributed by atoms with Crippen LogP contribution in [0.4, 0.5) is 4.39 Å². The average Bonchev–Trinajstić information content (AvgIpc) is 2.34. The molecule has 1 aromatic rings. The van der Waals surface area contributed by atoms with Crippen LogP contribution in [0.15, 0.2) is 18.2 Å². The Bertz CT molecular complexity index is 409. The lowest BCUT2D eigenvalue weighted by atomic mass is 9.92. The highest BCUT2D eigenvalue weighted by molar-refractivity contribution is 6.30.